The van der Waals surface area contributed by atoms with Crippen molar-refractivity contribution < 1.29 is 14.7 Å². The van der Waals surface area contributed by atoms with Gasteiger partial charge in [0.1, 0.15) is 0 Å². The highest BCUT2D eigenvalue weighted by Gasteiger charge is 2.32. The van der Waals surface area contributed by atoms with E-state index in [-0.39, 0.29) is 18.5 Å². The summed E-state index contributed by atoms with van der Waals surface area (Å²) in [4.78, 5) is 24.7. The van der Waals surface area contributed by atoms with Crippen LogP contribution in [-0.4, -0.2) is 47.1 Å². The van der Waals surface area contributed by atoms with E-state index in [4.69, 9.17) is 5.11 Å². The molecule has 2 aliphatic rings. The van der Waals surface area contributed by atoms with Gasteiger partial charge in [0.15, 0.2) is 0 Å². The van der Waals surface area contributed by atoms with E-state index in [9.17, 15) is 9.59 Å². The molecule has 1 unspecified atom stereocenters. The summed E-state index contributed by atoms with van der Waals surface area (Å²) in [6.07, 6.45) is 6.82. The van der Waals surface area contributed by atoms with E-state index in [1.807, 2.05) is 0 Å². The van der Waals surface area contributed by atoms with E-state index in [1.54, 1.807) is 0 Å². The molecule has 0 radical (unpaired) electrons. The average molecular weight is 254 g/mol. The van der Waals surface area contributed by atoms with Crippen molar-refractivity contribution in [3.8, 4) is 0 Å². The first kappa shape index (κ1) is 13.3. The van der Waals surface area contributed by atoms with Crippen LogP contribution in [0.2, 0.25) is 0 Å². The predicted octanol–water partition coefficient (Wildman–Crippen LogP) is 0.984. The van der Waals surface area contributed by atoms with Crippen LogP contribution in [0.5, 0.6) is 0 Å². The van der Waals surface area contributed by atoms with Crippen molar-refractivity contribution in [2.45, 2.75) is 57.0 Å². The van der Waals surface area contributed by atoms with Gasteiger partial charge in [-0.3, -0.25) is 14.5 Å². The highest BCUT2D eigenvalue weighted by atomic mass is 16.4. The van der Waals surface area contributed by atoms with Crippen molar-refractivity contribution in [3.05, 3.63) is 0 Å². The van der Waals surface area contributed by atoms with Crippen molar-refractivity contribution >= 4 is 11.9 Å². The summed E-state index contributed by atoms with van der Waals surface area (Å²) < 4.78 is 0. The summed E-state index contributed by atoms with van der Waals surface area (Å²) in [6, 6.07) is 0.462. The number of nitrogens with zero attached hydrogens (tertiary/aromatic N) is 1. The number of carbonyl (C=O) groups excluding carboxylic acids is 1. The van der Waals surface area contributed by atoms with Crippen LogP contribution >= 0.6 is 0 Å². The zero-order valence-electron chi connectivity index (χ0n) is 10.7. The molecule has 2 N–H and O–H groups in total. The quantitative estimate of drug-likeness (QED) is 0.785. The molecule has 1 heterocycles. The molecule has 1 saturated heterocycles. The topological polar surface area (TPSA) is 69.6 Å². The molecule has 102 valence electrons. The number of amides is 1. The van der Waals surface area contributed by atoms with Crippen LogP contribution in [0.1, 0.15) is 44.9 Å². The molecule has 1 amide bonds. The van der Waals surface area contributed by atoms with Crippen molar-refractivity contribution in [2.75, 3.05) is 13.1 Å². The molecule has 0 aromatic carbocycles. The summed E-state index contributed by atoms with van der Waals surface area (Å²) in [5.74, 6) is -0.725. The number of hydrogen-bond donors (Lipinski definition) is 2. The fraction of sp³-hybridized carbons (Fsp3) is 0.846. The van der Waals surface area contributed by atoms with Crippen molar-refractivity contribution in [3.63, 3.8) is 0 Å². The van der Waals surface area contributed by atoms with Crippen LogP contribution in [0.15, 0.2) is 0 Å². The van der Waals surface area contributed by atoms with Gasteiger partial charge in [0.05, 0.1) is 6.54 Å². The second kappa shape index (κ2) is 6.18. The number of hydrogen-bond acceptors (Lipinski definition) is 3. The van der Waals surface area contributed by atoms with E-state index < -0.39 is 5.97 Å². The van der Waals surface area contributed by atoms with Gasteiger partial charge in [-0.25, -0.2) is 0 Å². The largest absolute Gasteiger partial charge is 0.480 e. The molecule has 1 aliphatic heterocycles. The Morgan fingerprint density at radius 2 is 1.89 bits per heavy atom. The zero-order chi connectivity index (χ0) is 13.0. The van der Waals surface area contributed by atoms with Crippen molar-refractivity contribution in [1.82, 2.24) is 10.2 Å². The maximum atomic E-state index is 11.6. The Bertz CT molecular complexity index is 313. The molecular formula is C13H22N2O3. The van der Waals surface area contributed by atoms with Crippen LogP contribution in [-0.2, 0) is 9.59 Å². The summed E-state index contributed by atoms with van der Waals surface area (Å²) in [5.41, 5.74) is 0. The zero-order valence-corrected chi connectivity index (χ0v) is 10.7. The molecule has 2 fully saturated rings. The summed E-state index contributed by atoms with van der Waals surface area (Å²) in [7, 11) is 0. The highest BCUT2D eigenvalue weighted by Crippen LogP contribution is 2.27. The average Bonchev–Trinajstić information content (AvgIpc) is 2.75. The Hall–Kier alpha value is -1.10. The summed E-state index contributed by atoms with van der Waals surface area (Å²) in [6.45, 7) is 0.795. The van der Waals surface area contributed by atoms with E-state index in [2.05, 4.69) is 10.2 Å². The van der Waals surface area contributed by atoms with E-state index in [0.29, 0.717) is 12.5 Å². The lowest BCUT2D eigenvalue weighted by atomic mass is 10.0. The van der Waals surface area contributed by atoms with Crippen LogP contribution < -0.4 is 5.32 Å². The predicted molar refractivity (Wildman–Crippen MR) is 67.2 cm³/mol. The van der Waals surface area contributed by atoms with Crippen molar-refractivity contribution in [1.29, 1.82) is 0 Å². The Morgan fingerprint density at radius 1 is 1.22 bits per heavy atom. The summed E-state index contributed by atoms with van der Waals surface area (Å²) >= 11 is 0. The molecule has 2 rings (SSSR count). The van der Waals surface area contributed by atoms with E-state index >= 15 is 0 Å². The molecule has 0 aromatic heterocycles. The third kappa shape index (κ3) is 3.45. The maximum Gasteiger partial charge on any atom is 0.317 e. The third-order valence-electron chi connectivity index (χ3n) is 4.04. The third-order valence-corrected chi connectivity index (χ3v) is 4.04. The summed E-state index contributed by atoms with van der Waals surface area (Å²) in [5, 5.41) is 11.9. The van der Waals surface area contributed by atoms with Gasteiger partial charge < -0.3 is 10.4 Å². The van der Waals surface area contributed by atoms with Gasteiger partial charge in [0.25, 0.3) is 0 Å². The van der Waals surface area contributed by atoms with Crippen LogP contribution in [0, 0.1) is 0 Å². The number of carbonyl (C=O) groups is 2. The molecule has 18 heavy (non-hydrogen) atoms. The van der Waals surface area contributed by atoms with Gasteiger partial charge in [0, 0.05) is 25.0 Å². The normalized spacial score (nSPS) is 26.1. The molecule has 0 aromatic rings. The van der Waals surface area contributed by atoms with Gasteiger partial charge in [-0.05, 0) is 25.7 Å². The highest BCUT2D eigenvalue weighted by molar-refractivity contribution is 5.77. The minimum atomic E-state index is -0.786. The number of nitrogens with one attached hydrogen (secondary N) is 1. The van der Waals surface area contributed by atoms with Gasteiger partial charge in [-0.2, -0.15) is 0 Å². The lowest BCUT2D eigenvalue weighted by molar-refractivity contribution is -0.140. The standard InChI is InChI=1S/C13H22N2O3/c16-12-8-11(6-3-7-14-12)15(9-13(17)18)10-4-1-2-5-10/h10-11H,1-9H2,(H,14,16)(H,17,18). The minimum Gasteiger partial charge on any atom is -0.480 e. The van der Waals surface area contributed by atoms with Crippen LogP contribution in [0.25, 0.3) is 0 Å². The molecule has 5 heteroatoms. The Morgan fingerprint density at radius 3 is 2.56 bits per heavy atom. The van der Waals surface area contributed by atoms with Gasteiger partial charge in [-0.1, -0.05) is 12.8 Å². The number of carboxylic acids is 1. The number of rotatable bonds is 4. The van der Waals surface area contributed by atoms with E-state index in [0.717, 1.165) is 32.2 Å². The van der Waals surface area contributed by atoms with Gasteiger partial charge in [-0.15, -0.1) is 0 Å². The monoisotopic (exact) mass is 254 g/mol. The van der Waals surface area contributed by atoms with E-state index in [1.165, 1.54) is 12.8 Å². The SMILES string of the molecule is O=C(O)CN(C1CCCC1)C1CCCNC(=O)C1. The molecule has 0 bridgehead atoms. The smallest absolute Gasteiger partial charge is 0.317 e. The number of aliphatic carboxylic acids is 1. The van der Waals surface area contributed by atoms with Crippen LogP contribution in [0.4, 0.5) is 0 Å². The Labute approximate surface area is 108 Å². The lowest BCUT2D eigenvalue weighted by Gasteiger charge is -2.34. The molecular weight excluding hydrogens is 232 g/mol. The first-order valence-corrected chi connectivity index (χ1v) is 6.91. The molecule has 1 saturated carbocycles. The molecule has 1 atom stereocenters. The lowest BCUT2D eigenvalue weighted by Crippen LogP contribution is -2.46. The molecule has 5 nitrogen and oxygen atoms in total. The van der Waals surface area contributed by atoms with Crippen LogP contribution in [0.3, 0.4) is 0 Å². The molecule has 0 spiro atoms. The first-order chi connectivity index (χ1) is 8.66. The molecule has 1 aliphatic carbocycles. The first-order valence-electron chi connectivity index (χ1n) is 6.91. The van der Waals surface area contributed by atoms with Gasteiger partial charge in [0.2, 0.25) is 5.91 Å². The number of carboxylic acid groups (broad SMARTS) is 1. The Balaban J connectivity index is 2.05. The van der Waals surface area contributed by atoms with Crippen molar-refractivity contribution in [2.24, 2.45) is 0 Å². The minimum absolute atomic E-state index is 0.0610. The Kier molecular flexibility index (Phi) is 4.58. The fourth-order valence-electron chi connectivity index (χ4n) is 3.19. The second-order valence-electron chi connectivity index (χ2n) is 5.35. The second-order valence-corrected chi connectivity index (χ2v) is 5.35. The fourth-order valence-corrected chi connectivity index (χ4v) is 3.19. The van der Waals surface area contributed by atoms with Gasteiger partial charge >= 0.3 is 5.97 Å². The maximum absolute atomic E-state index is 11.6.